The van der Waals surface area contributed by atoms with Gasteiger partial charge in [0.1, 0.15) is 60.5 Å². The average Bonchev–Trinajstić information content (AvgIpc) is 3.56. The fourth-order valence-corrected chi connectivity index (χ4v) is 5.64. The highest BCUT2D eigenvalue weighted by molar-refractivity contribution is 5.25. The van der Waals surface area contributed by atoms with Crippen molar-refractivity contribution in [3.8, 4) is 0 Å². The molecule has 36 heavy (non-hydrogen) atoms. The van der Waals surface area contributed by atoms with Crippen molar-refractivity contribution in [3.63, 3.8) is 0 Å². The van der Waals surface area contributed by atoms with Gasteiger partial charge in [0, 0.05) is 5.92 Å². The second-order valence-electron chi connectivity index (χ2n) is 9.72. The Morgan fingerprint density at radius 3 is 1.78 bits per heavy atom. The monoisotopic (exact) mass is 524 g/mol. The quantitative estimate of drug-likeness (QED) is 0.141. The first-order valence-electron chi connectivity index (χ1n) is 11.7. The maximum absolute atomic E-state index is 10.4. The van der Waals surface area contributed by atoms with Gasteiger partial charge in [0.05, 0.1) is 38.1 Å². The second kappa shape index (κ2) is 9.94. The Morgan fingerprint density at radius 2 is 1.25 bits per heavy atom. The first-order valence-corrected chi connectivity index (χ1v) is 11.7. The zero-order valence-electron chi connectivity index (χ0n) is 18.9. The molecule has 0 radical (unpaired) electrons. The van der Waals surface area contributed by atoms with E-state index in [0.717, 1.165) is 0 Å². The lowest BCUT2D eigenvalue weighted by Gasteiger charge is -2.44. The fraction of sp³-hybridized carbons (Fsp3) is 0.905. The van der Waals surface area contributed by atoms with Crippen LogP contribution in [0, 0.1) is 11.8 Å². The summed E-state index contributed by atoms with van der Waals surface area (Å²) in [5.41, 5.74) is -1.20. The molecule has 3 saturated heterocycles. The molecule has 5 aliphatic rings. The fourth-order valence-electron chi connectivity index (χ4n) is 5.64. The van der Waals surface area contributed by atoms with Gasteiger partial charge in [-0.1, -0.05) is 0 Å². The molecule has 16 atom stereocenters. The largest absolute Gasteiger partial charge is 0.472 e. The van der Waals surface area contributed by atoms with Crippen molar-refractivity contribution in [1.29, 1.82) is 0 Å². The predicted molar refractivity (Wildman–Crippen MR) is 109 cm³/mol. The van der Waals surface area contributed by atoms with Gasteiger partial charge in [-0.3, -0.25) is 0 Å². The molecule has 0 aromatic heterocycles. The van der Waals surface area contributed by atoms with E-state index in [1.54, 1.807) is 6.08 Å². The Hall–Kier alpha value is -1.02. The number of rotatable bonds is 7. The maximum Gasteiger partial charge on any atom is 0.208 e. The molecule has 4 fully saturated rings. The van der Waals surface area contributed by atoms with E-state index in [1.165, 1.54) is 6.26 Å². The molecule has 0 unspecified atom stereocenters. The number of ether oxygens (including phenoxy) is 6. The number of aliphatic hydroxyl groups excluding tert-OH is 9. The minimum absolute atomic E-state index is 0.473. The highest BCUT2D eigenvalue weighted by Crippen LogP contribution is 2.61. The van der Waals surface area contributed by atoms with Crippen molar-refractivity contribution in [2.24, 2.45) is 11.8 Å². The summed E-state index contributed by atoms with van der Waals surface area (Å²) in [4.78, 5) is 0. The van der Waals surface area contributed by atoms with E-state index in [2.05, 4.69) is 0 Å². The molecule has 206 valence electrons. The third kappa shape index (κ3) is 4.07. The lowest BCUT2D eigenvalue weighted by Crippen LogP contribution is -2.61. The third-order valence-electron chi connectivity index (χ3n) is 7.74. The minimum Gasteiger partial charge on any atom is -0.472 e. The van der Waals surface area contributed by atoms with Gasteiger partial charge < -0.3 is 74.4 Å². The second-order valence-corrected chi connectivity index (χ2v) is 9.72. The molecule has 9 N–H and O–H groups in total. The molecule has 5 rings (SSSR count). The van der Waals surface area contributed by atoms with Crippen LogP contribution < -0.4 is 0 Å². The van der Waals surface area contributed by atoms with Crippen LogP contribution in [0.15, 0.2) is 12.3 Å². The number of hydrogen-bond donors (Lipinski definition) is 9. The Balaban J connectivity index is 1.34. The van der Waals surface area contributed by atoms with Gasteiger partial charge in [-0.15, -0.1) is 0 Å². The lowest BCUT2D eigenvalue weighted by atomic mass is 9.85. The maximum atomic E-state index is 10.4. The van der Waals surface area contributed by atoms with Crippen LogP contribution >= 0.6 is 0 Å². The van der Waals surface area contributed by atoms with Crippen molar-refractivity contribution in [1.82, 2.24) is 0 Å². The van der Waals surface area contributed by atoms with Gasteiger partial charge in [-0.25, -0.2) is 0 Å². The zero-order valence-corrected chi connectivity index (χ0v) is 18.9. The van der Waals surface area contributed by atoms with Crippen molar-refractivity contribution in [3.05, 3.63) is 12.3 Å². The van der Waals surface area contributed by atoms with E-state index in [0.29, 0.717) is 0 Å². The molecule has 0 aromatic rings. The molecule has 15 nitrogen and oxygen atoms in total. The highest BCUT2D eigenvalue weighted by atomic mass is 16.8. The zero-order chi connectivity index (χ0) is 25.9. The van der Waals surface area contributed by atoms with Gasteiger partial charge >= 0.3 is 0 Å². The molecule has 0 spiro atoms. The summed E-state index contributed by atoms with van der Waals surface area (Å²) in [6, 6.07) is 0. The molecule has 4 heterocycles. The number of fused-ring (bicyclic) bond motifs is 3. The summed E-state index contributed by atoms with van der Waals surface area (Å²) >= 11 is 0. The normalized spacial score (nSPS) is 56.1. The van der Waals surface area contributed by atoms with Crippen molar-refractivity contribution in [2.75, 3.05) is 19.8 Å². The van der Waals surface area contributed by atoms with Crippen LogP contribution in [0.2, 0.25) is 0 Å². The summed E-state index contributed by atoms with van der Waals surface area (Å²) < 4.78 is 34.0. The van der Waals surface area contributed by atoms with Crippen LogP contribution in [0.25, 0.3) is 0 Å². The summed E-state index contributed by atoms with van der Waals surface area (Å²) in [5.74, 6) is -1.29. The molecule has 15 heteroatoms. The Morgan fingerprint density at radius 1 is 0.694 bits per heavy atom. The topological polar surface area (TPSA) is 241 Å². The molecule has 4 aliphatic heterocycles. The third-order valence-corrected chi connectivity index (χ3v) is 7.74. The first kappa shape index (κ1) is 26.6. The molecular formula is C21H32O15. The SMILES string of the molecule is OC[C@H]1O[C@@H](O[C@H]2[C@@H]3C=CO[C@@H](O[C@@H]4O[C@H](CO)[C@@H](O)[C@H](O)[C@H]4O)[C@@H]3[C@@]3(CO)O[C@H]23)[C@H](O)[C@@H](O)[C@H]1O. The Labute approximate surface area is 204 Å². The number of aliphatic hydroxyl groups is 9. The van der Waals surface area contributed by atoms with Gasteiger partial charge in [0.2, 0.25) is 6.29 Å². The average molecular weight is 524 g/mol. The van der Waals surface area contributed by atoms with Gasteiger partial charge in [0.25, 0.3) is 0 Å². The van der Waals surface area contributed by atoms with Crippen LogP contribution in [0.3, 0.4) is 0 Å². The van der Waals surface area contributed by atoms with Gasteiger partial charge in [-0.2, -0.15) is 0 Å². The first-order chi connectivity index (χ1) is 17.2. The number of hydrogen-bond acceptors (Lipinski definition) is 15. The molecule has 0 aromatic carbocycles. The molecule has 0 amide bonds. The van der Waals surface area contributed by atoms with Crippen LogP contribution in [-0.4, -0.2) is 151 Å². The van der Waals surface area contributed by atoms with Crippen LogP contribution in [0.5, 0.6) is 0 Å². The van der Waals surface area contributed by atoms with Gasteiger partial charge in [0.15, 0.2) is 12.6 Å². The van der Waals surface area contributed by atoms with Crippen LogP contribution in [-0.2, 0) is 28.4 Å². The van der Waals surface area contributed by atoms with E-state index >= 15 is 0 Å². The van der Waals surface area contributed by atoms with Crippen LogP contribution in [0.1, 0.15) is 0 Å². The lowest BCUT2D eigenvalue weighted by molar-refractivity contribution is -0.347. The van der Waals surface area contributed by atoms with Crippen LogP contribution in [0.4, 0.5) is 0 Å². The summed E-state index contributed by atoms with van der Waals surface area (Å²) in [5, 5.41) is 89.9. The summed E-state index contributed by atoms with van der Waals surface area (Å²) in [7, 11) is 0. The van der Waals surface area contributed by atoms with Crippen molar-refractivity contribution in [2.45, 2.75) is 85.5 Å². The van der Waals surface area contributed by atoms with E-state index < -0.39 is 117 Å². The molecule has 0 bridgehead atoms. The Kier molecular flexibility index (Phi) is 7.34. The summed E-state index contributed by atoms with van der Waals surface area (Å²) in [6.07, 6.45) is -14.9. The smallest absolute Gasteiger partial charge is 0.208 e. The van der Waals surface area contributed by atoms with E-state index in [1.807, 2.05) is 0 Å². The van der Waals surface area contributed by atoms with E-state index in [9.17, 15) is 46.0 Å². The standard InChI is InChI=1S/C21H32O15/c22-3-7-10(25)12(27)14(29)19(32-7)34-16-6-1-2-31-18(9(6)21(5-24)17(16)36-21)35-20-15(30)13(28)11(26)8(4-23)33-20/h1-2,6-20,22-30H,3-5H2/t6-,7-,8-,9-,10+,11-,12+,13+,14-,15-,16+,17-,18+,19+,20+,21-/m1/s1. The van der Waals surface area contributed by atoms with E-state index in [4.69, 9.17) is 28.4 Å². The highest BCUT2D eigenvalue weighted by Gasteiger charge is 2.77. The Bertz CT molecular complexity index is 810. The predicted octanol–water partition coefficient (Wildman–Crippen LogP) is -5.77. The van der Waals surface area contributed by atoms with Crippen molar-refractivity contribution < 1.29 is 74.4 Å². The molecular weight excluding hydrogens is 492 g/mol. The van der Waals surface area contributed by atoms with E-state index in [-0.39, 0.29) is 0 Å². The minimum atomic E-state index is -1.68. The summed E-state index contributed by atoms with van der Waals surface area (Å²) in [6.45, 7) is -1.76. The van der Waals surface area contributed by atoms with Gasteiger partial charge in [-0.05, 0) is 6.08 Å². The molecule has 1 aliphatic carbocycles. The van der Waals surface area contributed by atoms with Crippen molar-refractivity contribution >= 4 is 0 Å². The number of epoxide rings is 1. The molecule has 1 saturated carbocycles.